The lowest BCUT2D eigenvalue weighted by molar-refractivity contribution is 1.30. The van der Waals surface area contributed by atoms with E-state index in [1.54, 1.807) is 24.4 Å². The number of nitriles is 1. The number of pyridine rings is 1. The van der Waals surface area contributed by atoms with Crippen LogP contribution in [0.5, 0.6) is 0 Å². The van der Waals surface area contributed by atoms with Crippen LogP contribution in [0, 0.1) is 11.3 Å². The number of aromatic nitrogens is 1. The van der Waals surface area contributed by atoms with Gasteiger partial charge in [0.2, 0.25) is 0 Å². The molecule has 0 unspecified atom stereocenters. The van der Waals surface area contributed by atoms with Crippen molar-refractivity contribution in [2.24, 2.45) is 0 Å². The van der Waals surface area contributed by atoms with Crippen molar-refractivity contribution < 1.29 is 0 Å². The highest BCUT2D eigenvalue weighted by Gasteiger charge is 2.06. The second-order valence-corrected chi connectivity index (χ2v) is 3.51. The van der Waals surface area contributed by atoms with E-state index in [-0.39, 0.29) is 0 Å². The van der Waals surface area contributed by atoms with Gasteiger partial charge in [0.1, 0.15) is 11.8 Å². The van der Waals surface area contributed by atoms with Gasteiger partial charge in [0.05, 0.1) is 10.0 Å². The Kier molecular flexibility index (Phi) is 2.28. The lowest BCUT2D eigenvalue weighted by Crippen LogP contribution is -1.85. The minimum atomic E-state index is 0.362. The predicted octanol–water partition coefficient (Wildman–Crippen LogP) is 3.41. The van der Waals surface area contributed by atoms with Gasteiger partial charge in [0.15, 0.2) is 0 Å². The van der Waals surface area contributed by atoms with E-state index in [0.717, 1.165) is 10.8 Å². The second kappa shape index (κ2) is 3.45. The fraction of sp³-hybridized carbons (Fsp3) is 0. The van der Waals surface area contributed by atoms with E-state index in [4.69, 9.17) is 28.5 Å². The molecule has 0 aliphatic rings. The van der Waals surface area contributed by atoms with Crippen molar-refractivity contribution in [3.63, 3.8) is 0 Å². The van der Waals surface area contributed by atoms with Gasteiger partial charge in [0, 0.05) is 17.0 Å². The Morgan fingerprint density at radius 1 is 1.14 bits per heavy atom. The van der Waals surface area contributed by atoms with Crippen LogP contribution in [-0.2, 0) is 0 Å². The molecule has 0 saturated heterocycles. The minimum absolute atomic E-state index is 0.362. The third-order valence-corrected chi connectivity index (χ3v) is 2.76. The van der Waals surface area contributed by atoms with Gasteiger partial charge >= 0.3 is 0 Å². The standard InChI is InChI=1S/C10H4Cl2N2/c11-8-2-1-6-7(10(8)12)3-4-14-9(6)5-13/h1-4H. The van der Waals surface area contributed by atoms with Crippen LogP contribution in [0.3, 0.4) is 0 Å². The molecule has 2 aromatic rings. The van der Waals surface area contributed by atoms with Crippen LogP contribution in [0.25, 0.3) is 10.8 Å². The Bertz CT molecular complexity index is 544. The minimum Gasteiger partial charge on any atom is -0.245 e. The molecule has 0 atom stereocenters. The molecule has 0 radical (unpaired) electrons. The summed E-state index contributed by atoms with van der Waals surface area (Å²) in [7, 11) is 0. The van der Waals surface area contributed by atoms with E-state index >= 15 is 0 Å². The molecule has 4 heteroatoms. The van der Waals surface area contributed by atoms with Crippen LogP contribution in [0.2, 0.25) is 10.0 Å². The Morgan fingerprint density at radius 3 is 2.64 bits per heavy atom. The van der Waals surface area contributed by atoms with Gasteiger partial charge in [0.25, 0.3) is 0 Å². The molecule has 0 aliphatic carbocycles. The summed E-state index contributed by atoms with van der Waals surface area (Å²) in [5.41, 5.74) is 0.362. The molecule has 1 aromatic heterocycles. The molecule has 14 heavy (non-hydrogen) atoms. The SMILES string of the molecule is N#Cc1nccc2c(Cl)c(Cl)ccc12. The molecule has 0 spiro atoms. The molecule has 2 nitrogen and oxygen atoms in total. The molecule has 1 heterocycles. The van der Waals surface area contributed by atoms with E-state index in [9.17, 15) is 0 Å². The Morgan fingerprint density at radius 2 is 1.93 bits per heavy atom. The topological polar surface area (TPSA) is 36.7 Å². The quantitative estimate of drug-likeness (QED) is 0.686. The summed E-state index contributed by atoms with van der Waals surface area (Å²) in [5, 5.41) is 11.2. The van der Waals surface area contributed by atoms with Gasteiger partial charge in [-0.25, -0.2) is 4.98 Å². The maximum absolute atomic E-state index is 8.81. The maximum Gasteiger partial charge on any atom is 0.148 e. The van der Waals surface area contributed by atoms with Crippen molar-refractivity contribution in [3.05, 3.63) is 40.1 Å². The van der Waals surface area contributed by atoms with Gasteiger partial charge in [-0.1, -0.05) is 23.2 Å². The van der Waals surface area contributed by atoms with Crippen LogP contribution < -0.4 is 0 Å². The van der Waals surface area contributed by atoms with E-state index in [1.807, 2.05) is 6.07 Å². The average Bonchev–Trinajstić information content (AvgIpc) is 2.23. The maximum atomic E-state index is 8.81. The molecule has 0 amide bonds. The number of fused-ring (bicyclic) bond motifs is 1. The van der Waals surface area contributed by atoms with Crippen molar-refractivity contribution in [1.29, 1.82) is 5.26 Å². The smallest absolute Gasteiger partial charge is 0.148 e. The predicted molar refractivity (Wildman–Crippen MR) is 56.5 cm³/mol. The molecule has 68 valence electrons. The fourth-order valence-electron chi connectivity index (χ4n) is 1.28. The molecule has 0 saturated carbocycles. The molecule has 2 rings (SSSR count). The molecule has 0 N–H and O–H groups in total. The largest absolute Gasteiger partial charge is 0.245 e. The van der Waals surface area contributed by atoms with Gasteiger partial charge in [-0.3, -0.25) is 0 Å². The lowest BCUT2D eigenvalue weighted by atomic mass is 10.1. The van der Waals surface area contributed by atoms with Crippen molar-refractivity contribution in [3.8, 4) is 6.07 Å². The Labute approximate surface area is 90.7 Å². The summed E-state index contributed by atoms with van der Waals surface area (Å²) in [4.78, 5) is 3.93. The van der Waals surface area contributed by atoms with Crippen molar-refractivity contribution in [2.45, 2.75) is 0 Å². The first-order valence-electron chi connectivity index (χ1n) is 3.87. The molecule has 1 aromatic carbocycles. The summed E-state index contributed by atoms with van der Waals surface area (Å²) in [5.74, 6) is 0. The molecule has 0 bridgehead atoms. The zero-order chi connectivity index (χ0) is 10.1. The number of rotatable bonds is 0. The molecular formula is C10H4Cl2N2. The van der Waals surface area contributed by atoms with Crippen LogP contribution in [-0.4, -0.2) is 4.98 Å². The van der Waals surface area contributed by atoms with Gasteiger partial charge in [-0.2, -0.15) is 5.26 Å². The van der Waals surface area contributed by atoms with Crippen molar-refractivity contribution >= 4 is 34.0 Å². The van der Waals surface area contributed by atoms with E-state index in [2.05, 4.69) is 4.98 Å². The van der Waals surface area contributed by atoms with Gasteiger partial charge in [-0.05, 0) is 18.2 Å². The molecule has 0 aliphatic heterocycles. The number of benzene rings is 1. The molecule has 0 fully saturated rings. The number of nitrogens with zero attached hydrogens (tertiary/aromatic N) is 2. The first-order valence-corrected chi connectivity index (χ1v) is 4.62. The van der Waals surface area contributed by atoms with E-state index < -0.39 is 0 Å². The normalized spacial score (nSPS) is 10.1. The fourth-order valence-corrected chi connectivity index (χ4v) is 1.67. The Balaban J connectivity index is 2.95. The number of halogens is 2. The van der Waals surface area contributed by atoms with Crippen molar-refractivity contribution in [2.75, 3.05) is 0 Å². The second-order valence-electron chi connectivity index (χ2n) is 2.73. The summed E-state index contributed by atoms with van der Waals surface area (Å²) in [6.07, 6.45) is 1.54. The highest BCUT2D eigenvalue weighted by atomic mass is 35.5. The van der Waals surface area contributed by atoms with Gasteiger partial charge < -0.3 is 0 Å². The van der Waals surface area contributed by atoms with Crippen LogP contribution in [0.15, 0.2) is 24.4 Å². The van der Waals surface area contributed by atoms with Crippen LogP contribution in [0.4, 0.5) is 0 Å². The zero-order valence-corrected chi connectivity index (χ0v) is 8.47. The van der Waals surface area contributed by atoms with Crippen LogP contribution in [0.1, 0.15) is 5.69 Å². The Hall–Kier alpha value is -1.30. The first kappa shape index (κ1) is 9.26. The lowest BCUT2D eigenvalue weighted by Gasteiger charge is -2.02. The monoisotopic (exact) mass is 222 g/mol. The number of hydrogen-bond acceptors (Lipinski definition) is 2. The highest BCUT2D eigenvalue weighted by molar-refractivity contribution is 6.45. The summed E-state index contributed by atoms with van der Waals surface area (Å²) >= 11 is 11.8. The van der Waals surface area contributed by atoms with Gasteiger partial charge in [-0.15, -0.1) is 0 Å². The third-order valence-electron chi connectivity index (χ3n) is 1.94. The van der Waals surface area contributed by atoms with E-state index in [1.165, 1.54) is 0 Å². The average molecular weight is 223 g/mol. The molecular weight excluding hydrogens is 219 g/mol. The van der Waals surface area contributed by atoms with Crippen molar-refractivity contribution in [1.82, 2.24) is 4.98 Å². The summed E-state index contributed by atoms with van der Waals surface area (Å²) in [6.45, 7) is 0. The summed E-state index contributed by atoms with van der Waals surface area (Å²) < 4.78 is 0. The van der Waals surface area contributed by atoms with Crippen LogP contribution >= 0.6 is 23.2 Å². The number of hydrogen-bond donors (Lipinski definition) is 0. The summed E-state index contributed by atoms with van der Waals surface area (Å²) in [6, 6.07) is 7.15. The first-order chi connectivity index (χ1) is 6.74. The zero-order valence-electron chi connectivity index (χ0n) is 6.96. The van der Waals surface area contributed by atoms with E-state index in [0.29, 0.717) is 15.7 Å². The highest BCUT2D eigenvalue weighted by Crippen LogP contribution is 2.31. The third kappa shape index (κ3) is 1.31.